The maximum absolute atomic E-state index is 5.68. The van der Waals surface area contributed by atoms with Crippen LogP contribution < -0.4 is 10.2 Å². The Balaban J connectivity index is 1.07. The predicted octanol–water partition coefficient (Wildman–Crippen LogP) is 3.43. The molecular formula is C28H35N7O. The number of nitrogens with one attached hydrogen (secondary N) is 1. The van der Waals surface area contributed by atoms with Gasteiger partial charge >= 0.3 is 0 Å². The zero-order chi connectivity index (χ0) is 24.0. The first-order chi connectivity index (χ1) is 17.7. The second kappa shape index (κ2) is 9.23. The molecule has 0 aromatic carbocycles. The molecule has 4 aliphatic rings. The van der Waals surface area contributed by atoms with E-state index >= 15 is 0 Å². The predicted molar refractivity (Wildman–Crippen MR) is 138 cm³/mol. The number of pyridine rings is 2. The van der Waals surface area contributed by atoms with Gasteiger partial charge in [-0.1, -0.05) is 5.21 Å². The number of aromatic nitrogens is 5. The molecular weight excluding hydrogens is 450 g/mol. The van der Waals surface area contributed by atoms with E-state index in [4.69, 9.17) is 9.72 Å². The van der Waals surface area contributed by atoms with Crippen molar-refractivity contribution in [3.63, 3.8) is 0 Å². The molecule has 8 nitrogen and oxygen atoms in total. The number of piperidine rings is 1. The number of nitrogens with zero attached hydrogens (tertiary/aromatic N) is 6. The van der Waals surface area contributed by atoms with Gasteiger partial charge in [0, 0.05) is 37.1 Å². The normalized spacial score (nSPS) is 23.4. The first-order valence-electron chi connectivity index (χ1n) is 13.6. The first-order valence-corrected chi connectivity index (χ1v) is 13.6. The Morgan fingerprint density at radius 2 is 1.92 bits per heavy atom. The summed E-state index contributed by atoms with van der Waals surface area (Å²) in [6.07, 6.45) is 17.0. The highest BCUT2D eigenvalue weighted by Gasteiger charge is 2.45. The van der Waals surface area contributed by atoms with Gasteiger partial charge in [-0.05, 0) is 87.1 Å². The van der Waals surface area contributed by atoms with Crippen molar-refractivity contribution in [2.45, 2.75) is 56.5 Å². The van der Waals surface area contributed by atoms with Crippen LogP contribution in [0, 0.1) is 11.8 Å². The van der Waals surface area contributed by atoms with Crippen molar-refractivity contribution >= 4 is 5.69 Å². The average molecular weight is 486 g/mol. The van der Waals surface area contributed by atoms with Crippen molar-refractivity contribution in [3.05, 3.63) is 54.2 Å². The van der Waals surface area contributed by atoms with Crippen molar-refractivity contribution < 1.29 is 4.74 Å². The summed E-state index contributed by atoms with van der Waals surface area (Å²) < 4.78 is 7.63. The van der Waals surface area contributed by atoms with Gasteiger partial charge in [0.2, 0.25) is 0 Å². The molecule has 3 aromatic heterocycles. The number of hydrogen-bond acceptors (Lipinski definition) is 7. The summed E-state index contributed by atoms with van der Waals surface area (Å²) in [5.74, 6) is 1.75. The van der Waals surface area contributed by atoms with Crippen LogP contribution >= 0.6 is 0 Å². The van der Waals surface area contributed by atoms with E-state index in [2.05, 4.69) is 43.7 Å². The van der Waals surface area contributed by atoms with Crippen LogP contribution in [0.4, 0.5) is 5.69 Å². The van der Waals surface area contributed by atoms with Gasteiger partial charge in [0.1, 0.15) is 5.69 Å². The van der Waals surface area contributed by atoms with Gasteiger partial charge in [-0.25, -0.2) is 4.68 Å². The molecule has 0 spiro atoms. The molecule has 5 heterocycles. The van der Waals surface area contributed by atoms with Crippen LogP contribution in [-0.2, 0) is 16.7 Å². The molecule has 188 valence electrons. The summed E-state index contributed by atoms with van der Waals surface area (Å²) in [5, 5.41) is 12.8. The minimum atomic E-state index is -0.404. The summed E-state index contributed by atoms with van der Waals surface area (Å²) in [5.41, 5.74) is 4.93. The van der Waals surface area contributed by atoms with E-state index in [1.807, 2.05) is 29.5 Å². The van der Waals surface area contributed by atoms with Crippen molar-refractivity contribution in [1.82, 2.24) is 30.3 Å². The Hall–Kier alpha value is -2.84. The Bertz CT molecular complexity index is 1200. The Kier molecular flexibility index (Phi) is 5.73. The zero-order valence-corrected chi connectivity index (χ0v) is 20.9. The molecule has 0 unspecified atom stereocenters. The molecule has 4 fully saturated rings. The highest BCUT2D eigenvalue weighted by atomic mass is 16.5. The lowest BCUT2D eigenvalue weighted by Crippen LogP contribution is -2.53. The highest BCUT2D eigenvalue weighted by Crippen LogP contribution is 2.35. The van der Waals surface area contributed by atoms with Gasteiger partial charge in [0.25, 0.3) is 0 Å². The van der Waals surface area contributed by atoms with Gasteiger partial charge in [0.15, 0.2) is 5.54 Å². The maximum Gasteiger partial charge on any atom is 0.152 e. The number of hydrogen-bond donors (Lipinski definition) is 1. The van der Waals surface area contributed by atoms with Crippen LogP contribution in [0.5, 0.6) is 0 Å². The van der Waals surface area contributed by atoms with Crippen molar-refractivity contribution in [1.29, 1.82) is 0 Å². The first kappa shape index (κ1) is 22.4. The second-order valence-corrected chi connectivity index (χ2v) is 11.3. The summed E-state index contributed by atoms with van der Waals surface area (Å²) in [7, 11) is 0. The molecule has 2 saturated carbocycles. The lowest BCUT2D eigenvalue weighted by molar-refractivity contribution is -0.0851. The second-order valence-electron chi connectivity index (χ2n) is 11.3. The van der Waals surface area contributed by atoms with E-state index in [1.165, 1.54) is 56.3 Å². The summed E-state index contributed by atoms with van der Waals surface area (Å²) >= 11 is 0. The molecule has 1 N–H and O–H groups in total. The summed E-state index contributed by atoms with van der Waals surface area (Å²) in [6.45, 7) is 4.44. The topological polar surface area (TPSA) is 81.0 Å². The third-order valence-electron chi connectivity index (χ3n) is 8.33. The zero-order valence-electron chi connectivity index (χ0n) is 20.9. The van der Waals surface area contributed by atoms with Crippen molar-refractivity contribution in [2.24, 2.45) is 11.8 Å². The number of anilines is 1. The molecule has 0 amide bonds. The summed E-state index contributed by atoms with van der Waals surface area (Å²) in [4.78, 5) is 11.9. The number of rotatable bonds is 9. The van der Waals surface area contributed by atoms with E-state index in [0.29, 0.717) is 19.3 Å². The third-order valence-corrected chi connectivity index (χ3v) is 8.33. The van der Waals surface area contributed by atoms with Crippen LogP contribution in [0.2, 0.25) is 0 Å². The van der Waals surface area contributed by atoms with Crippen LogP contribution in [0.15, 0.2) is 43.0 Å². The Labute approximate surface area is 212 Å². The molecule has 0 radical (unpaired) electrons. The highest BCUT2D eigenvalue weighted by molar-refractivity contribution is 5.57. The van der Waals surface area contributed by atoms with Crippen LogP contribution in [0.25, 0.3) is 11.3 Å². The smallest absolute Gasteiger partial charge is 0.152 e. The van der Waals surface area contributed by atoms with Crippen molar-refractivity contribution in [3.8, 4) is 11.3 Å². The third kappa shape index (κ3) is 4.52. The van der Waals surface area contributed by atoms with E-state index in [0.717, 1.165) is 48.3 Å². The standard InChI is InChI=1S/C28H35N7O/c1-2-24(30-13-21-5-6-21)16-34(9-1)25-7-8-27(31-15-25)28(18-36-19-28)35-17-26(32-33-35)23-11-22(12-29-14-23)10-20-3-4-20/h7-8,11-12,14-15,17,20-21,24,30H,1-6,9-10,13,16,18-19H2/t24-/m1/s1. The number of ether oxygens (including phenoxy) is 1. The molecule has 7 rings (SSSR count). The molecule has 2 aliphatic heterocycles. The fourth-order valence-corrected chi connectivity index (χ4v) is 5.57. The molecule has 2 aliphatic carbocycles. The Morgan fingerprint density at radius 1 is 1.03 bits per heavy atom. The average Bonchev–Trinajstić information content (AvgIpc) is 3.83. The van der Waals surface area contributed by atoms with Gasteiger partial charge in [-0.2, -0.15) is 0 Å². The van der Waals surface area contributed by atoms with E-state index in [1.54, 1.807) is 0 Å². The lowest BCUT2D eigenvalue weighted by atomic mass is 9.92. The molecule has 0 bridgehead atoms. The van der Waals surface area contributed by atoms with E-state index in [-0.39, 0.29) is 0 Å². The summed E-state index contributed by atoms with van der Waals surface area (Å²) in [6, 6.07) is 7.16. The van der Waals surface area contributed by atoms with Crippen LogP contribution in [0.1, 0.15) is 49.8 Å². The fraction of sp³-hybridized carbons (Fsp3) is 0.571. The van der Waals surface area contributed by atoms with Gasteiger partial charge < -0.3 is 15.0 Å². The monoisotopic (exact) mass is 485 g/mol. The minimum absolute atomic E-state index is 0.404. The van der Waals surface area contributed by atoms with Gasteiger partial charge in [0.05, 0.1) is 37.0 Å². The fourth-order valence-electron chi connectivity index (χ4n) is 5.57. The lowest BCUT2D eigenvalue weighted by Gasteiger charge is -2.40. The Morgan fingerprint density at radius 3 is 2.67 bits per heavy atom. The molecule has 8 heteroatoms. The SMILES string of the molecule is c1ncc(-c2cn(C3(c4ccc(N5CCC[C@@H](NCC6CC6)C5)cn4)COC3)nn2)cc1CC1CC1. The molecule has 2 saturated heterocycles. The minimum Gasteiger partial charge on any atom is -0.375 e. The van der Waals surface area contributed by atoms with E-state index in [9.17, 15) is 0 Å². The van der Waals surface area contributed by atoms with Gasteiger partial charge in [-0.3, -0.25) is 9.97 Å². The maximum atomic E-state index is 5.68. The molecule has 36 heavy (non-hydrogen) atoms. The quantitative estimate of drug-likeness (QED) is 0.497. The van der Waals surface area contributed by atoms with E-state index < -0.39 is 5.54 Å². The molecule has 1 atom stereocenters. The van der Waals surface area contributed by atoms with Gasteiger partial charge in [-0.15, -0.1) is 5.10 Å². The van der Waals surface area contributed by atoms with Crippen LogP contribution in [0.3, 0.4) is 0 Å². The largest absolute Gasteiger partial charge is 0.375 e. The molecule has 3 aromatic rings. The van der Waals surface area contributed by atoms with Crippen molar-refractivity contribution in [2.75, 3.05) is 37.7 Å². The van der Waals surface area contributed by atoms with Crippen LogP contribution in [-0.4, -0.2) is 63.9 Å².